The summed E-state index contributed by atoms with van der Waals surface area (Å²) in [6.45, 7) is 8.88. The SMILES string of the molecule is C=C1[C@H](O)C/C(=C/C=C2\CCC[C@]3(C)C(CCC)CC[C@@H]23)C[C@H]1OC. The first-order chi connectivity index (χ1) is 12.0. The summed E-state index contributed by atoms with van der Waals surface area (Å²) < 4.78 is 5.50. The largest absolute Gasteiger partial charge is 0.388 e. The molecule has 3 aliphatic rings. The van der Waals surface area contributed by atoms with Gasteiger partial charge in [-0.25, -0.2) is 0 Å². The summed E-state index contributed by atoms with van der Waals surface area (Å²) in [6, 6.07) is 0. The highest BCUT2D eigenvalue weighted by Crippen LogP contribution is 2.58. The number of rotatable bonds is 4. The number of ether oxygens (including phenoxy) is 1. The molecule has 1 N–H and O–H groups in total. The fourth-order valence-electron chi connectivity index (χ4n) is 5.81. The molecule has 0 aromatic carbocycles. The minimum atomic E-state index is -0.458. The lowest BCUT2D eigenvalue weighted by atomic mass is 9.63. The highest BCUT2D eigenvalue weighted by molar-refractivity contribution is 5.29. The van der Waals surface area contributed by atoms with Crippen LogP contribution in [0.1, 0.15) is 71.6 Å². The maximum absolute atomic E-state index is 10.2. The van der Waals surface area contributed by atoms with Gasteiger partial charge in [-0.15, -0.1) is 0 Å². The van der Waals surface area contributed by atoms with Crippen molar-refractivity contribution in [2.75, 3.05) is 7.11 Å². The summed E-state index contributed by atoms with van der Waals surface area (Å²) in [5.41, 5.74) is 4.31. The molecule has 0 aromatic heterocycles. The van der Waals surface area contributed by atoms with Crippen LogP contribution in [0.2, 0.25) is 0 Å². The van der Waals surface area contributed by atoms with E-state index in [9.17, 15) is 5.11 Å². The van der Waals surface area contributed by atoms with Crippen molar-refractivity contribution < 1.29 is 9.84 Å². The van der Waals surface area contributed by atoms with Crippen LogP contribution < -0.4 is 0 Å². The summed E-state index contributed by atoms with van der Waals surface area (Å²) >= 11 is 0. The molecule has 2 nitrogen and oxygen atoms in total. The third-order valence-corrected chi connectivity index (χ3v) is 7.36. The number of aliphatic hydroxyl groups is 1. The number of methoxy groups -OCH3 is 1. The molecule has 0 spiro atoms. The maximum Gasteiger partial charge on any atom is 0.0840 e. The van der Waals surface area contributed by atoms with E-state index in [1.54, 1.807) is 12.7 Å². The van der Waals surface area contributed by atoms with Crippen molar-refractivity contribution in [1.29, 1.82) is 0 Å². The van der Waals surface area contributed by atoms with Gasteiger partial charge in [0.15, 0.2) is 0 Å². The summed E-state index contributed by atoms with van der Waals surface area (Å²) in [6.07, 6.45) is 15.3. The van der Waals surface area contributed by atoms with Gasteiger partial charge >= 0.3 is 0 Å². The van der Waals surface area contributed by atoms with Crippen molar-refractivity contribution in [2.45, 2.75) is 83.8 Å². The van der Waals surface area contributed by atoms with E-state index in [2.05, 4.69) is 32.6 Å². The molecule has 5 atom stereocenters. The van der Waals surface area contributed by atoms with Crippen molar-refractivity contribution in [2.24, 2.45) is 17.3 Å². The van der Waals surface area contributed by atoms with Crippen LogP contribution in [0.15, 0.2) is 35.5 Å². The highest BCUT2D eigenvalue weighted by atomic mass is 16.5. The quantitative estimate of drug-likeness (QED) is 0.674. The molecule has 25 heavy (non-hydrogen) atoms. The van der Waals surface area contributed by atoms with Gasteiger partial charge in [0.2, 0.25) is 0 Å². The molecule has 3 fully saturated rings. The second kappa shape index (κ2) is 7.80. The lowest BCUT2D eigenvalue weighted by molar-refractivity contribution is 0.0827. The summed E-state index contributed by atoms with van der Waals surface area (Å²) in [7, 11) is 1.71. The smallest absolute Gasteiger partial charge is 0.0840 e. The van der Waals surface area contributed by atoms with Crippen LogP contribution in [0.5, 0.6) is 0 Å². The molecular formula is C23H36O2. The van der Waals surface area contributed by atoms with Gasteiger partial charge in [-0.2, -0.15) is 0 Å². The molecule has 0 bridgehead atoms. The Morgan fingerprint density at radius 1 is 1.28 bits per heavy atom. The lowest BCUT2D eigenvalue weighted by Crippen LogP contribution is -2.33. The Morgan fingerprint density at radius 2 is 2.08 bits per heavy atom. The Kier molecular flexibility index (Phi) is 5.90. The molecule has 3 aliphatic carbocycles. The molecule has 0 amide bonds. The zero-order chi connectivity index (χ0) is 18.0. The topological polar surface area (TPSA) is 29.5 Å². The molecule has 3 rings (SSSR count). The number of allylic oxidation sites excluding steroid dienone is 3. The summed E-state index contributed by atoms with van der Waals surface area (Å²) in [5, 5.41) is 10.2. The molecule has 0 saturated heterocycles. The summed E-state index contributed by atoms with van der Waals surface area (Å²) in [4.78, 5) is 0. The van der Waals surface area contributed by atoms with Gasteiger partial charge in [0.05, 0.1) is 12.2 Å². The molecule has 1 unspecified atom stereocenters. The van der Waals surface area contributed by atoms with Crippen molar-refractivity contribution in [3.63, 3.8) is 0 Å². The van der Waals surface area contributed by atoms with E-state index < -0.39 is 6.10 Å². The second-order valence-corrected chi connectivity index (χ2v) is 8.76. The predicted molar refractivity (Wildman–Crippen MR) is 104 cm³/mol. The third kappa shape index (κ3) is 3.66. The number of fused-ring (bicyclic) bond motifs is 1. The van der Waals surface area contributed by atoms with E-state index in [4.69, 9.17) is 4.74 Å². The van der Waals surface area contributed by atoms with E-state index in [1.807, 2.05) is 0 Å². The standard InChI is InChI=1S/C23H36O2/c1-5-7-19-11-12-20-18(8-6-13-23(19,20)3)10-9-17-14-21(24)16(2)22(15-17)25-4/h9-10,19-22,24H,2,5-8,11-15H2,1,3-4H3/b17-9-,18-10+/t19?,20-,21+,22+,23+/m0/s1. The minimum absolute atomic E-state index is 0.0366. The molecule has 3 saturated carbocycles. The fraction of sp³-hybridized carbons (Fsp3) is 0.739. The molecule has 0 aromatic rings. The first-order valence-corrected chi connectivity index (χ1v) is 10.3. The Hall–Kier alpha value is -0.860. The number of hydrogen-bond acceptors (Lipinski definition) is 2. The van der Waals surface area contributed by atoms with Crippen LogP contribution >= 0.6 is 0 Å². The third-order valence-electron chi connectivity index (χ3n) is 7.36. The second-order valence-electron chi connectivity index (χ2n) is 8.76. The van der Waals surface area contributed by atoms with Crippen molar-refractivity contribution in [3.05, 3.63) is 35.5 Å². The van der Waals surface area contributed by atoms with Crippen LogP contribution in [0.4, 0.5) is 0 Å². The van der Waals surface area contributed by atoms with E-state index in [-0.39, 0.29) is 6.10 Å². The van der Waals surface area contributed by atoms with Crippen LogP contribution in [-0.2, 0) is 4.74 Å². The minimum Gasteiger partial charge on any atom is -0.388 e. The van der Waals surface area contributed by atoms with Crippen molar-refractivity contribution in [3.8, 4) is 0 Å². The van der Waals surface area contributed by atoms with Gasteiger partial charge in [-0.05, 0) is 67.8 Å². The van der Waals surface area contributed by atoms with Gasteiger partial charge < -0.3 is 9.84 Å². The average Bonchev–Trinajstić information content (AvgIpc) is 2.93. The molecule has 140 valence electrons. The zero-order valence-corrected chi connectivity index (χ0v) is 16.4. The van der Waals surface area contributed by atoms with E-state index in [0.29, 0.717) is 11.8 Å². The first-order valence-electron chi connectivity index (χ1n) is 10.3. The van der Waals surface area contributed by atoms with Crippen molar-refractivity contribution in [1.82, 2.24) is 0 Å². The van der Waals surface area contributed by atoms with Crippen LogP contribution in [0, 0.1) is 17.3 Å². The zero-order valence-electron chi connectivity index (χ0n) is 16.4. The lowest BCUT2D eigenvalue weighted by Gasteiger charge is -2.42. The van der Waals surface area contributed by atoms with E-state index in [0.717, 1.165) is 23.8 Å². The molecule has 0 radical (unpaired) electrons. The van der Waals surface area contributed by atoms with Crippen molar-refractivity contribution >= 4 is 0 Å². The van der Waals surface area contributed by atoms with E-state index in [1.165, 1.54) is 50.5 Å². The summed E-state index contributed by atoms with van der Waals surface area (Å²) in [5.74, 6) is 1.69. The van der Waals surface area contributed by atoms with Gasteiger partial charge in [-0.3, -0.25) is 0 Å². The Labute approximate surface area is 154 Å². The first kappa shape index (κ1) is 18.9. The maximum atomic E-state index is 10.2. The van der Waals surface area contributed by atoms with E-state index >= 15 is 0 Å². The monoisotopic (exact) mass is 344 g/mol. The number of aliphatic hydroxyl groups excluding tert-OH is 1. The van der Waals surface area contributed by atoms with Crippen LogP contribution in [-0.4, -0.2) is 24.4 Å². The van der Waals surface area contributed by atoms with Gasteiger partial charge in [0.1, 0.15) is 0 Å². The Bertz CT molecular complexity index is 558. The van der Waals surface area contributed by atoms with Crippen LogP contribution in [0.3, 0.4) is 0 Å². The molecule has 2 heteroatoms. The predicted octanol–water partition coefficient (Wildman–Crippen LogP) is 5.58. The van der Waals surface area contributed by atoms with Gasteiger partial charge in [-0.1, -0.05) is 56.6 Å². The highest BCUT2D eigenvalue weighted by Gasteiger charge is 2.48. The molecule has 0 aliphatic heterocycles. The number of hydrogen-bond donors (Lipinski definition) is 1. The van der Waals surface area contributed by atoms with Gasteiger partial charge in [0.25, 0.3) is 0 Å². The normalized spacial score (nSPS) is 42.2. The Balaban J connectivity index is 1.76. The Morgan fingerprint density at radius 3 is 2.80 bits per heavy atom. The molecular weight excluding hydrogens is 308 g/mol. The fourth-order valence-corrected chi connectivity index (χ4v) is 5.81. The average molecular weight is 345 g/mol. The molecule has 0 heterocycles. The van der Waals surface area contributed by atoms with Gasteiger partial charge in [0, 0.05) is 7.11 Å². The van der Waals surface area contributed by atoms with Crippen LogP contribution in [0.25, 0.3) is 0 Å².